The van der Waals surface area contributed by atoms with Gasteiger partial charge in [-0.3, -0.25) is 0 Å². The molecule has 0 aliphatic rings. The molecule has 0 heterocycles. The minimum absolute atomic E-state index is 0.0172. The first kappa shape index (κ1) is 16.3. The number of hydrogen-bond acceptors (Lipinski definition) is 2. The van der Waals surface area contributed by atoms with E-state index in [1.54, 1.807) is 0 Å². The molecule has 0 aliphatic carbocycles. The Hall–Kier alpha value is -1.77. The van der Waals surface area contributed by atoms with Gasteiger partial charge in [-0.25, -0.2) is 9.59 Å². The average Bonchev–Trinajstić information content (AvgIpc) is 2.26. The number of carboxylic acid groups (broad SMARTS) is 1. The predicted octanol–water partition coefficient (Wildman–Crippen LogP) is 3.22. The van der Waals surface area contributed by atoms with E-state index in [2.05, 4.69) is 21.2 Å². The van der Waals surface area contributed by atoms with Gasteiger partial charge in [0.2, 0.25) is 0 Å². The van der Waals surface area contributed by atoms with E-state index in [4.69, 9.17) is 5.11 Å². The van der Waals surface area contributed by atoms with Gasteiger partial charge < -0.3 is 15.7 Å². The highest BCUT2D eigenvalue weighted by atomic mass is 79.9. The SMILES string of the molecule is O=C(NCCC(F)(F)F)Nc1cc(Br)ccc1C(=O)O. The highest BCUT2D eigenvalue weighted by Crippen LogP contribution is 2.22. The van der Waals surface area contributed by atoms with Crippen LogP contribution in [0, 0.1) is 0 Å². The second kappa shape index (κ2) is 6.60. The summed E-state index contributed by atoms with van der Waals surface area (Å²) in [6.45, 7) is -0.592. The van der Waals surface area contributed by atoms with Crippen LogP contribution in [0.3, 0.4) is 0 Å². The highest BCUT2D eigenvalue weighted by molar-refractivity contribution is 9.10. The number of carboxylic acids is 1. The van der Waals surface area contributed by atoms with Gasteiger partial charge in [0.1, 0.15) is 0 Å². The third-order valence-electron chi connectivity index (χ3n) is 2.15. The molecule has 0 fully saturated rings. The van der Waals surface area contributed by atoms with Crippen molar-refractivity contribution in [3.63, 3.8) is 0 Å². The van der Waals surface area contributed by atoms with E-state index in [0.717, 1.165) is 0 Å². The lowest BCUT2D eigenvalue weighted by Gasteiger charge is -2.11. The molecule has 3 N–H and O–H groups in total. The molecule has 0 radical (unpaired) electrons. The van der Waals surface area contributed by atoms with Crippen molar-refractivity contribution in [3.8, 4) is 0 Å². The number of carbonyl (C=O) groups excluding carboxylic acids is 1. The van der Waals surface area contributed by atoms with Gasteiger partial charge in [-0.2, -0.15) is 13.2 Å². The lowest BCUT2D eigenvalue weighted by molar-refractivity contribution is -0.132. The van der Waals surface area contributed by atoms with E-state index in [-0.39, 0.29) is 11.3 Å². The van der Waals surface area contributed by atoms with E-state index < -0.39 is 31.1 Å². The molecule has 0 atom stereocenters. The lowest BCUT2D eigenvalue weighted by atomic mass is 10.2. The number of nitrogens with one attached hydrogen (secondary N) is 2. The molecule has 9 heteroatoms. The summed E-state index contributed by atoms with van der Waals surface area (Å²) in [4.78, 5) is 22.3. The summed E-state index contributed by atoms with van der Waals surface area (Å²) in [5.41, 5.74) is -0.185. The van der Waals surface area contributed by atoms with Crippen molar-refractivity contribution in [2.24, 2.45) is 0 Å². The third kappa shape index (κ3) is 5.47. The largest absolute Gasteiger partial charge is 0.478 e. The topological polar surface area (TPSA) is 78.4 Å². The zero-order valence-electron chi connectivity index (χ0n) is 9.92. The lowest BCUT2D eigenvalue weighted by Crippen LogP contribution is -2.32. The molecule has 1 aromatic carbocycles. The highest BCUT2D eigenvalue weighted by Gasteiger charge is 2.26. The minimum Gasteiger partial charge on any atom is -0.478 e. The van der Waals surface area contributed by atoms with Crippen LogP contribution in [-0.2, 0) is 0 Å². The Morgan fingerprint density at radius 1 is 1.30 bits per heavy atom. The summed E-state index contributed by atoms with van der Waals surface area (Å²) in [5, 5.41) is 13.1. The van der Waals surface area contributed by atoms with Crippen LogP contribution < -0.4 is 10.6 Å². The second-order valence-corrected chi connectivity index (χ2v) is 4.66. The van der Waals surface area contributed by atoms with Crippen LogP contribution in [0.4, 0.5) is 23.7 Å². The van der Waals surface area contributed by atoms with E-state index in [1.165, 1.54) is 18.2 Å². The van der Waals surface area contributed by atoms with Gasteiger partial charge in [0.25, 0.3) is 0 Å². The van der Waals surface area contributed by atoms with Crippen LogP contribution in [0.1, 0.15) is 16.8 Å². The minimum atomic E-state index is -4.37. The Morgan fingerprint density at radius 3 is 2.50 bits per heavy atom. The van der Waals surface area contributed by atoms with Crippen molar-refractivity contribution < 1.29 is 27.9 Å². The Balaban J connectivity index is 2.66. The molecule has 0 aromatic heterocycles. The number of rotatable bonds is 4. The smallest absolute Gasteiger partial charge is 0.390 e. The van der Waals surface area contributed by atoms with Crippen molar-refractivity contribution >= 4 is 33.6 Å². The Morgan fingerprint density at radius 2 is 1.95 bits per heavy atom. The van der Waals surface area contributed by atoms with Crippen molar-refractivity contribution in [2.75, 3.05) is 11.9 Å². The average molecular weight is 355 g/mol. The van der Waals surface area contributed by atoms with Crippen LogP contribution in [0.2, 0.25) is 0 Å². The molecule has 0 bridgehead atoms. The fraction of sp³-hybridized carbons (Fsp3) is 0.273. The van der Waals surface area contributed by atoms with Gasteiger partial charge >= 0.3 is 18.2 Å². The third-order valence-corrected chi connectivity index (χ3v) is 2.65. The fourth-order valence-electron chi connectivity index (χ4n) is 1.29. The number of hydrogen-bond donors (Lipinski definition) is 3. The first-order chi connectivity index (χ1) is 9.19. The fourth-order valence-corrected chi connectivity index (χ4v) is 1.65. The van der Waals surface area contributed by atoms with Crippen molar-refractivity contribution in [3.05, 3.63) is 28.2 Å². The van der Waals surface area contributed by atoms with E-state index >= 15 is 0 Å². The maximum atomic E-state index is 11.9. The monoisotopic (exact) mass is 354 g/mol. The molecule has 0 aliphatic heterocycles. The summed E-state index contributed by atoms with van der Waals surface area (Å²) in [6.07, 6.45) is -5.53. The van der Waals surface area contributed by atoms with Crippen LogP contribution in [0.15, 0.2) is 22.7 Å². The quantitative estimate of drug-likeness (QED) is 0.776. The number of halogens is 4. The number of amides is 2. The summed E-state index contributed by atoms with van der Waals surface area (Å²) >= 11 is 3.10. The number of alkyl halides is 3. The van der Waals surface area contributed by atoms with Crippen LogP contribution in [-0.4, -0.2) is 29.8 Å². The first-order valence-corrected chi connectivity index (χ1v) is 6.13. The molecular weight excluding hydrogens is 345 g/mol. The van der Waals surface area contributed by atoms with Gasteiger partial charge in [0.15, 0.2) is 0 Å². The molecule has 2 amide bonds. The summed E-state index contributed by atoms with van der Waals surface area (Å²) < 4.78 is 36.2. The zero-order valence-corrected chi connectivity index (χ0v) is 11.5. The first-order valence-electron chi connectivity index (χ1n) is 5.33. The molecular formula is C11H10BrF3N2O3. The summed E-state index contributed by atoms with van der Waals surface area (Å²) in [5.74, 6) is -1.26. The number of carbonyl (C=O) groups is 2. The number of anilines is 1. The van der Waals surface area contributed by atoms with Gasteiger partial charge in [-0.05, 0) is 18.2 Å². The molecule has 5 nitrogen and oxygen atoms in total. The van der Waals surface area contributed by atoms with Crippen LogP contribution in [0.25, 0.3) is 0 Å². The standard InChI is InChI=1S/C11H10BrF3N2O3/c12-6-1-2-7(9(18)19)8(5-6)17-10(20)16-4-3-11(13,14)15/h1-2,5H,3-4H2,(H,18,19)(H2,16,17,20). The van der Waals surface area contributed by atoms with Gasteiger partial charge in [0, 0.05) is 11.0 Å². The molecule has 0 spiro atoms. The Labute approximate surface area is 120 Å². The molecule has 1 aromatic rings. The van der Waals surface area contributed by atoms with Crippen LogP contribution in [0.5, 0.6) is 0 Å². The Bertz CT molecular complexity index is 520. The second-order valence-electron chi connectivity index (χ2n) is 3.74. The molecule has 0 saturated heterocycles. The van der Waals surface area contributed by atoms with Gasteiger partial charge in [-0.15, -0.1) is 0 Å². The van der Waals surface area contributed by atoms with E-state index in [0.29, 0.717) is 4.47 Å². The number of benzene rings is 1. The molecule has 1 rings (SSSR count). The van der Waals surface area contributed by atoms with Crippen molar-refractivity contribution in [1.82, 2.24) is 5.32 Å². The molecule has 0 saturated carbocycles. The van der Waals surface area contributed by atoms with Crippen molar-refractivity contribution in [1.29, 1.82) is 0 Å². The normalized spacial score (nSPS) is 11.0. The van der Waals surface area contributed by atoms with Gasteiger partial charge in [-0.1, -0.05) is 15.9 Å². The number of aromatic carboxylic acids is 1. The summed E-state index contributed by atoms with van der Waals surface area (Å²) in [6, 6.07) is 3.16. The maximum absolute atomic E-state index is 11.9. The van der Waals surface area contributed by atoms with E-state index in [9.17, 15) is 22.8 Å². The molecule has 20 heavy (non-hydrogen) atoms. The maximum Gasteiger partial charge on any atom is 0.390 e. The Kier molecular flexibility index (Phi) is 5.37. The van der Waals surface area contributed by atoms with Crippen LogP contribution >= 0.6 is 15.9 Å². The molecule has 0 unspecified atom stereocenters. The number of urea groups is 1. The molecule has 110 valence electrons. The van der Waals surface area contributed by atoms with E-state index in [1.807, 2.05) is 5.32 Å². The summed E-state index contributed by atoms with van der Waals surface area (Å²) in [7, 11) is 0. The van der Waals surface area contributed by atoms with Gasteiger partial charge in [0.05, 0.1) is 17.7 Å². The predicted molar refractivity (Wildman–Crippen MR) is 68.8 cm³/mol. The zero-order chi connectivity index (χ0) is 15.3. The van der Waals surface area contributed by atoms with Crippen molar-refractivity contribution in [2.45, 2.75) is 12.6 Å².